The van der Waals surface area contributed by atoms with Crippen LogP contribution in [0, 0.1) is 5.92 Å². The van der Waals surface area contributed by atoms with Crippen LogP contribution in [0.3, 0.4) is 0 Å². The summed E-state index contributed by atoms with van der Waals surface area (Å²) in [5.41, 5.74) is 0. The smallest absolute Gasteiger partial charge is 0.243 e. The van der Waals surface area contributed by atoms with Crippen LogP contribution >= 0.6 is 0 Å². The van der Waals surface area contributed by atoms with E-state index in [0.717, 1.165) is 19.4 Å². The standard InChI is InChI=1S/C21H38N4O3/c1-25(2)19(26)15-24-20(22-13-17-9-5-3-6-10-17)23-14-18-16-27-21(28-18)11-7-4-8-12-21/h17-18H,3-16H2,1-2H3,(H2,22,23,24). The van der Waals surface area contributed by atoms with E-state index >= 15 is 0 Å². The Bertz CT molecular complexity index is 526. The molecule has 1 spiro atoms. The first-order valence-electron chi connectivity index (χ1n) is 11.1. The summed E-state index contributed by atoms with van der Waals surface area (Å²) < 4.78 is 12.3. The third kappa shape index (κ3) is 6.34. The van der Waals surface area contributed by atoms with E-state index < -0.39 is 0 Å². The van der Waals surface area contributed by atoms with Gasteiger partial charge in [0.25, 0.3) is 0 Å². The second kappa shape index (κ2) is 10.4. The van der Waals surface area contributed by atoms with Gasteiger partial charge in [0.05, 0.1) is 6.61 Å². The topological polar surface area (TPSA) is 75.2 Å². The van der Waals surface area contributed by atoms with Crippen LogP contribution in [0.15, 0.2) is 4.99 Å². The Balaban J connectivity index is 1.49. The molecule has 1 unspecified atom stereocenters. The summed E-state index contributed by atoms with van der Waals surface area (Å²) in [6.07, 6.45) is 12.2. The number of nitrogens with one attached hydrogen (secondary N) is 2. The predicted octanol–water partition coefficient (Wildman–Crippen LogP) is 2.27. The van der Waals surface area contributed by atoms with E-state index in [1.807, 2.05) is 0 Å². The first-order chi connectivity index (χ1) is 13.6. The molecule has 7 heteroatoms. The van der Waals surface area contributed by atoms with Crippen molar-refractivity contribution in [2.24, 2.45) is 10.9 Å². The minimum atomic E-state index is -0.349. The van der Waals surface area contributed by atoms with E-state index in [4.69, 9.17) is 9.47 Å². The molecular weight excluding hydrogens is 356 g/mol. The van der Waals surface area contributed by atoms with E-state index in [2.05, 4.69) is 15.6 Å². The molecule has 2 N–H and O–H groups in total. The average molecular weight is 395 g/mol. The van der Waals surface area contributed by atoms with Crippen molar-refractivity contribution in [3.63, 3.8) is 0 Å². The van der Waals surface area contributed by atoms with Gasteiger partial charge in [0.2, 0.25) is 5.91 Å². The molecule has 1 heterocycles. The summed E-state index contributed by atoms with van der Waals surface area (Å²) in [5, 5.41) is 6.83. The lowest BCUT2D eigenvalue weighted by atomic mass is 9.89. The maximum Gasteiger partial charge on any atom is 0.243 e. The minimum absolute atomic E-state index is 0.000347. The molecule has 2 aliphatic carbocycles. The Labute approximate surface area is 169 Å². The average Bonchev–Trinajstić information content (AvgIpc) is 3.10. The van der Waals surface area contributed by atoms with Gasteiger partial charge >= 0.3 is 0 Å². The van der Waals surface area contributed by atoms with Gasteiger partial charge < -0.3 is 25.0 Å². The highest BCUT2D eigenvalue weighted by Gasteiger charge is 2.42. The molecule has 0 radical (unpaired) electrons. The maximum atomic E-state index is 11.9. The van der Waals surface area contributed by atoms with Crippen LogP contribution in [0.2, 0.25) is 0 Å². The number of amides is 1. The van der Waals surface area contributed by atoms with E-state index in [1.54, 1.807) is 19.0 Å². The Morgan fingerprint density at radius 3 is 2.43 bits per heavy atom. The molecule has 160 valence electrons. The van der Waals surface area contributed by atoms with Gasteiger partial charge in [-0.15, -0.1) is 0 Å². The number of guanidine groups is 1. The van der Waals surface area contributed by atoms with Crippen molar-refractivity contribution in [3.05, 3.63) is 0 Å². The summed E-state index contributed by atoms with van der Waals surface area (Å²) in [7, 11) is 3.52. The number of likely N-dealkylation sites (N-methyl/N-ethyl adjacent to an activating group) is 1. The van der Waals surface area contributed by atoms with Crippen LogP contribution in [-0.4, -0.2) is 69.0 Å². The lowest BCUT2D eigenvalue weighted by Gasteiger charge is -2.31. The van der Waals surface area contributed by atoms with E-state index in [-0.39, 0.29) is 24.3 Å². The third-order valence-electron chi connectivity index (χ3n) is 6.18. The number of rotatable bonds is 6. The number of hydrogen-bond donors (Lipinski definition) is 2. The highest BCUT2D eigenvalue weighted by molar-refractivity contribution is 5.84. The van der Waals surface area contributed by atoms with Gasteiger partial charge in [-0.05, 0) is 31.6 Å². The van der Waals surface area contributed by atoms with Crippen LogP contribution in [0.1, 0.15) is 64.2 Å². The molecule has 3 rings (SSSR count). The van der Waals surface area contributed by atoms with Crippen LogP contribution in [0.25, 0.3) is 0 Å². The van der Waals surface area contributed by atoms with Gasteiger partial charge in [-0.25, -0.2) is 4.99 Å². The quantitative estimate of drug-likeness (QED) is 0.534. The normalized spacial score (nSPS) is 25.6. The second-order valence-corrected chi connectivity index (χ2v) is 8.74. The van der Waals surface area contributed by atoms with Crippen molar-refractivity contribution in [2.75, 3.05) is 40.3 Å². The zero-order chi connectivity index (χ0) is 19.8. The van der Waals surface area contributed by atoms with Gasteiger partial charge in [-0.3, -0.25) is 4.79 Å². The summed E-state index contributed by atoms with van der Waals surface area (Å²) in [5.74, 6) is 1.05. The van der Waals surface area contributed by atoms with Gasteiger partial charge in [0.1, 0.15) is 12.6 Å². The summed E-state index contributed by atoms with van der Waals surface area (Å²) in [4.78, 5) is 18.0. The Hall–Kier alpha value is -1.34. The summed E-state index contributed by atoms with van der Waals surface area (Å²) in [6, 6.07) is 0. The fraction of sp³-hybridized carbons (Fsp3) is 0.905. The largest absolute Gasteiger partial charge is 0.356 e. The van der Waals surface area contributed by atoms with Gasteiger partial charge in [-0.2, -0.15) is 0 Å². The first-order valence-corrected chi connectivity index (χ1v) is 11.1. The molecule has 1 atom stereocenters. The van der Waals surface area contributed by atoms with Crippen molar-refractivity contribution in [1.82, 2.24) is 15.5 Å². The van der Waals surface area contributed by atoms with Crippen molar-refractivity contribution in [1.29, 1.82) is 0 Å². The summed E-state index contributed by atoms with van der Waals surface area (Å²) >= 11 is 0. The molecule has 0 aromatic rings. The molecular formula is C21H38N4O3. The Kier molecular flexibility index (Phi) is 7.97. The first kappa shape index (κ1) is 21.4. The SMILES string of the molecule is CN(C)C(=O)CN=C(NCC1CCCCC1)NCC1COC2(CCCCC2)O1. The number of aliphatic imine (C=N–C) groups is 1. The molecule has 1 aliphatic heterocycles. The number of nitrogens with zero attached hydrogens (tertiary/aromatic N) is 2. The number of carbonyl (C=O) groups is 1. The van der Waals surface area contributed by atoms with Crippen LogP contribution in [0.4, 0.5) is 0 Å². The van der Waals surface area contributed by atoms with Gasteiger partial charge in [-0.1, -0.05) is 25.7 Å². The molecule has 3 aliphatic rings. The number of ether oxygens (including phenoxy) is 2. The zero-order valence-corrected chi connectivity index (χ0v) is 17.7. The second-order valence-electron chi connectivity index (χ2n) is 8.74. The van der Waals surface area contributed by atoms with Crippen LogP contribution in [-0.2, 0) is 14.3 Å². The van der Waals surface area contributed by atoms with Crippen molar-refractivity contribution in [2.45, 2.75) is 76.1 Å². The van der Waals surface area contributed by atoms with Crippen LogP contribution < -0.4 is 10.6 Å². The Morgan fingerprint density at radius 2 is 1.71 bits per heavy atom. The molecule has 0 bridgehead atoms. The third-order valence-corrected chi connectivity index (χ3v) is 6.18. The molecule has 1 amide bonds. The van der Waals surface area contributed by atoms with E-state index in [1.165, 1.54) is 51.4 Å². The van der Waals surface area contributed by atoms with Gasteiger partial charge in [0, 0.05) is 40.0 Å². The highest BCUT2D eigenvalue weighted by atomic mass is 16.7. The number of carbonyl (C=O) groups excluding carboxylic acids is 1. The zero-order valence-electron chi connectivity index (χ0n) is 17.7. The lowest BCUT2D eigenvalue weighted by molar-refractivity contribution is -0.186. The molecule has 28 heavy (non-hydrogen) atoms. The highest BCUT2D eigenvalue weighted by Crippen LogP contribution is 2.37. The summed E-state index contributed by atoms with van der Waals surface area (Å²) in [6.45, 7) is 2.33. The molecule has 1 saturated heterocycles. The van der Waals surface area contributed by atoms with Crippen molar-refractivity contribution < 1.29 is 14.3 Å². The van der Waals surface area contributed by atoms with E-state index in [0.29, 0.717) is 25.0 Å². The fourth-order valence-electron chi connectivity index (χ4n) is 4.38. The van der Waals surface area contributed by atoms with E-state index in [9.17, 15) is 4.79 Å². The minimum Gasteiger partial charge on any atom is -0.356 e. The molecule has 0 aromatic carbocycles. The number of hydrogen-bond acceptors (Lipinski definition) is 4. The lowest BCUT2D eigenvalue weighted by Crippen LogP contribution is -2.44. The monoisotopic (exact) mass is 394 g/mol. The fourth-order valence-corrected chi connectivity index (χ4v) is 4.38. The van der Waals surface area contributed by atoms with Crippen molar-refractivity contribution in [3.8, 4) is 0 Å². The van der Waals surface area contributed by atoms with Crippen LogP contribution in [0.5, 0.6) is 0 Å². The Morgan fingerprint density at radius 1 is 1.04 bits per heavy atom. The van der Waals surface area contributed by atoms with Crippen molar-refractivity contribution >= 4 is 11.9 Å². The maximum absolute atomic E-state index is 11.9. The predicted molar refractivity (Wildman–Crippen MR) is 110 cm³/mol. The van der Waals surface area contributed by atoms with Gasteiger partial charge in [0.15, 0.2) is 11.7 Å². The molecule has 3 fully saturated rings. The molecule has 7 nitrogen and oxygen atoms in total. The molecule has 2 saturated carbocycles. The molecule has 0 aromatic heterocycles.